The van der Waals surface area contributed by atoms with Gasteiger partial charge < -0.3 is 0 Å². The van der Waals surface area contributed by atoms with Crippen LogP contribution in [0.1, 0.15) is 0 Å². The Balaban J connectivity index is 1.76. The second kappa shape index (κ2) is 6.61. The summed E-state index contributed by atoms with van der Waals surface area (Å²) in [6.07, 6.45) is 1.43. The molecule has 1 aromatic heterocycles. The highest BCUT2D eigenvalue weighted by Gasteiger charge is 2.17. The number of sulfonamides is 1. The number of rotatable bonds is 5. The zero-order valence-electron chi connectivity index (χ0n) is 11.6. The average molecular weight is 367 g/mol. The summed E-state index contributed by atoms with van der Waals surface area (Å²) in [5.74, 6) is 0. The Morgan fingerprint density at radius 1 is 1.09 bits per heavy atom. The number of hydrogen-bond donors (Lipinski definition) is 2. The van der Waals surface area contributed by atoms with Gasteiger partial charge in [0.25, 0.3) is 10.0 Å². The van der Waals surface area contributed by atoms with E-state index in [1.165, 1.54) is 30.2 Å². The second-order valence-corrected chi connectivity index (χ2v) is 7.57. The summed E-state index contributed by atoms with van der Waals surface area (Å²) in [7, 11) is -3.72. The lowest BCUT2D eigenvalue weighted by molar-refractivity contribution is 0.601. The van der Waals surface area contributed by atoms with Crippen LogP contribution in [0, 0.1) is 0 Å². The highest BCUT2D eigenvalue weighted by atomic mass is 35.5. The van der Waals surface area contributed by atoms with Crippen LogP contribution in [0.25, 0.3) is 0 Å². The van der Waals surface area contributed by atoms with Crippen molar-refractivity contribution in [3.8, 4) is 0 Å². The first-order chi connectivity index (χ1) is 11.0. The number of aromatic amines is 1. The van der Waals surface area contributed by atoms with Crippen LogP contribution in [-0.2, 0) is 10.0 Å². The number of H-pyrrole nitrogens is 1. The third kappa shape index (κ3) is 3.84. The van der Waals surface area contributed by atoms with E-state index in [4.69, 9.17) is 11.6 Å². The van der Waals surface area contributed by atoms with Gasteiger partial charge in [0.05, 0.1) is 5.02 Å². The molecular weight excluding hydrogens is 356 g/mol. The van der Waals surface area contributed by atoms with Gasteiger partial charge in [-0.25, -0.2) is 13.4 Å². The summed E-state index contributed by atoms with van der Waals surface area (Å²) >= 11 is 7.33. The number of nitrogens with one attached hydrogen (secondary N) is 2. The van der Waals surface area contributed by atoms with Crippen molar-refractivity contribution >= 4 is 39.1 Å². The second-order valence-electron chi connectivity index (χ2n) is 4.45. The Hall–Kier alpha value is -2.03. The van der Waals surface area contributed by atoms with Crippen LogP contribution in [0.5, 0.6) is 0 Å². The molecule has 0 unspecified atom stereocenters. The van der Waals surface area contributed by atoms with Gasteiger partial charge in [-0.3, -0.25) is 9.82 Å². The van der Waals surface area contributed by atoms with Crippen molar-refractivity contribution in [1.29, 1.82) is 0 Å². The topological polar surface area (TPSA) is 87.7 Å². The summed E-state index contributed by atoms with van der Waals surface area (Å²) in [6, 6.07) is 13.2. The first-order valence-electron chi connectivity index (χ1n) is 6.45. The molecule has 0 aliphatic rings. The van der Waals surface area contributed by atoms with E-state index >= 15 is 0 Å². The molecule has 2 N–H and O–H groups in total. The molecule has 0 atom stereocenters. The van der Waals surface area contributed by atoms with Crippen LogP contribution in [0.4, 0.5) is 5.69 Å². The normalized spacial score (nSPS) is 11.3. The Kier molecular flexibility index (Phi) is 4.56. The van der Waals surface area contributed by atoms with E-state index in [1.807, 2.05) is 0 Å². The van der Waals surface area contributed by atoms with Gasteiger partial charge in [0, 0.05) is 10.6 Å². The highest BCUT2D eigenvalue weighted by molar-refractivity contribution is 7.99. The number of halogens is 1. The van der Waals surface area contributed by atoms with Crippen molar-refractivity contribution in [2.24, 2.45) is 0 Å². The van der Waals surface area contributed by atoms with Gasteiger partial charge in [0.2, 0.25) is 0 Å². The fourth-order valence-corrected chi connectivity index (χ4v) is 4.09. The maximum Gasteiger partial charge on any atom is 0.263 e. The Morgan fingerprint density at radius 2 is 1.83 bits per heavy atom. The molecule has 0 saturated carbocycles. The maximum atomic E-state index is 12.3. The molecule has 0 saturated heterocycles. The highest BCUT2D eigenvalue weighted by Crippen LogP contribution is 2.27. The number of aromatic nitrogens is 3. The van der Waals surface area contributed by atoms with E-state index in [1.54, 1.807) is 36.4 Å². The van der Waals surface area contributed by atoms with Gasteiger partial charge in [0.1, 0.15) is 11.2 Å². The number of hydrogen-bond acceptors (Lipinski definition) is 5. The molecular formula is C14H11ClN4O2S2. The smallest absolute Gasteiger partial charge is 0.263 e. The van der Waals surface area contributed by atoms with E-state index in [-0.39, 0.29) is 9.92 Å². The van der Waals surface area contributed by atoms with Gasteiger partial charge in [-0.05, 0) is 36.4 Å². The summed E-state index contributed by atoms with van der Waals surface area (Å²) in [5, 5.41) is 7.35. The largest absolute Gasteiger partial charge is 0.280 e. The summed E-state index contributed by atoms with van der Waals surface area (Å²) in [4.78, 5) is 4.96. The first-order valence-corrected chi connectivity index (χ1v) is 9.13. The zero-order chi connectivity index (χ0) is 16.3. The van der Waals surface area contributed by atoms with Gasteiger partial charge in [-0.15, -0.1) is 0 Å². The average Bonchev–Trinajstić information content (AvgIpc) is 3.02. The maximum absolute atomic E-state index is 12.3. The predicted molar refractivity (Wildman–Crippen MR) is 89.2 cm³/mol. The minimum atomic E-state index is -3.72. The number of nitrogens with zero attached hydrogens (tertiary/aromatic N) is 2. The summed E-state index contributed by atoms with van der Waals surface area (Å²) in [5.41, 5.74) is 0.451. The third-order valence-electron chi connectivity index (χ3n) is 2.84. The molecule has 0 spiro atoms. The molecule has 6 nitrogen and oxygen atoms in total. The van der Waals surface area contributed by atoms with Crippen molar-refractivity contribution in [3.63, 3.8) is 0 Å². The minimum absolute atomic E-state index is 0.0433. The first kappa shape index (κ1) is 15.9. The standard InChI is InChI=1S/C14H11ClN4O2S2/c15-12-3-1-2-4-13(12)23(20,21)19-10-5-7-11(8-6-10)22-14-16-9-17-18-14/h1-9,19H,(H,16,17,18). The SMILES string of the molecule is O=S(=O)(Nc1ccc(Sc2ncn[nH]2)cc1)c1ccccc1Cl. The van der Waals surface area contributed by atoms with Crippen LogP contribution in [0.3, 0.4) is 0 Å². The monoisotopic (exact) mass is 366 g/mol. The van der Waals surface area contributed by atoms with E-state index in [2.05, 4.69) is 19.9 Å². The zero-order valence-corrected chi connectivity index (χ0v) is 14.0. The van der Waals surface area contributed by atoms with Crippen molar-refractivity contribution in [3.05, 3.63) is 59.9 Å². The van der Waals surface area contributed by atoms with E-state index in [9.17, 15) is 8.42 Å². The Labute approximate surface area is 142 Å². The summed E-state index contributed by atoms with van der Waals surface area (Å²) in [6.45, 7) is 0. The number of anilines is 1. The molecule has 0 bridgehead atoms. The third-order valence-corrected chi connectivity index (χ3v) is 5.62. The van der Waals surface area contributed by atoms with E-state index < -0.39 is 10.0 Å². The van der Waals surface area contributed by atoms with Crippen LogP contribution < -0.4 is 4.72 Å². The lowest BCUT2D eigenvalue weighted by atomic mass is 10.3. The van der Waals surface area contributed by atoms with E-state index in [0.29, 0.717) is 10.8 Å². The lowest BCUT2D eigenvalue weighted by Crippen LogP contribution is -2.13. The molecule has 0 fully saturated rings. The van der Waals surface area contributed by atoms with Crippen molar-refractivity contribution < 1.29 is 8.42 Å². The minimum Gasteiger partial charge on any atom is -0.280 e. The van der Waals surface area contributed by atoms with Crippen molar-refractivity contribution in [1.82, 2.24) is 15.2 Å². The van der Waals surface area contributed by atoms with E-state index in [0.717, 1.165) is 4.90 Å². The quantitative estimate of drug-likeness (QED) is 0.722. The molecule has 1 heterocycles. The molecule has 3 rings (SSSR count). The molecule has 0 amide bonds. The van der Waals surface area contributed by atoms with Crippen LogP contribution >= 0.6 is 23.4 Å². The lowest BCUT2D eigenvalue weighted by Gasteiger charge is -2.09. The molecule has 0 radical (unpaired) electrons. The molecule has 3 aromatic rings. The Morgan fingerprint density at radius 3 is 2.48 bits per heavy atom. The van der Waals surface area contributed by atoms with Crippen molar-refractivity contribution in [2.45, 2.75) is 14.9 Å². The number of benzene rings is 2. The molecule has 118 valence electrons. The van der Waals surface area contributed by atoms with Crippen LogP contribution in [-0.4, -0.2) is 23.6 Å². The van der Waals surface area contributed by atoms with Gasteiger partial charge >= 0.3 is 0 Å². The van der Waals surface area contributed by atoms with Gasteiger partial charge in [0.15, 0.2) is 5.16 Å². The molecule has 0 aliphatic carbocycles. The molecule has 2 aromatic carbocycles. The Bertz CT molecular complexity index is 897. The van der Waals surface area contributed by atoms with Crippen LogP contribution in [0.15, 0.2) is 69.8 Å². The predicted octanol–water partition coefficient (Wildman–Crippen LogP) is 3.41. The fourth-order valence-electron chi connectivity index (χ4n) is 1.82. The molecule has 23 heavy (non-hydrogen) atoms. The van der Waals surface area contributed by atoms with Crippen LogP contribution in [0.2, 0.25) is 5.02 Å². The summed E-state index contributed by atoms with van der Waals surface area (Å²) < 4.78 is 27.2. The molecule has 9 heteroatoms. The van der Waals surface area contributed by atoms with Gasteiger partial charge in [-0.2, -0.15) is 5.10 Å². The van der Waals surface area contributed by atoms with Gasteiger partial charge in [-0.1, -0.05) is 35.5 Å². The molecule has 0 aliphatic heterocycles. The van der Waals surface area contributed by atoms with Crippen molar-refractivity contribution in [2.75, 3.05) is 4.72 Å². The fraction of sp³-hybridized carbons (Fsp3) is 0.